The van der Waals surface area contributed by atoms with Crippen LogP contribution in [0.1, 0.15) is 40.5 Å². The van der Waals surface area contributed by atoms with Crippen molar-refractivity contribution in [2.75, 3.05) is 23.7 Å². The summed E-state index contributed by atoms with van der Waals surface area (Å²) in [5.41, 5.74) is 8.00. The van der Waals surface area contributed by atoms with Crippen molar-refractivity contribution in [2.24, 2.45) is 11.8 Å². The molecule has 2 nitrogen and oxygen atoms in total. The van der Waals surface area contributed by atoms with Crippen LogP contribution in [0.5, 0.6) is 0 Å². The number of anilines is 2. The third-order valence-electron chi connectivity index (χ3n) is 3.29. The van der Waals surface area contributed by atoms with Crippen LogP contribution in [0.4, 0.5) is 11.4 Å². The highest BCUT2D eigenvalue weighted by Gasteiger charge is 2.12. The van der Waals surface area contributed by atoms with Crippen molar-refractivity contribution in [2.45, 2.75) is 40.5 Å². The normalized spacial score (nSPS) is 11.3. The van der Waals surface area contributed by atoms with Gasteiger partial charge < -0.3 is 10.6 Å². The Kier molecular flexibility index (Phi) is 6.50. The molecule has 2 N–H and O–H groups in total. The lowest BCUT2D eigenvalue weighted by molar-refractivity contribution is 0.535. The van der Waals surface area contributed by atoms with Gasteiger partial charge in [0.1, 0.15) is 0 Å². The Morgan fingerprint density at radius 1 is 1.05 bits per heavy atom. The summed E-state index contributed by atoms with van der Waals surface area (Å²) in [4.78, 5) is 2.38. The molecule has 0 aromatic heterocycles. The van der Waals surface area contributed by atoms with Crippen molar-refractivity contribution in [3.63, 3.8) is 0 Å². The molecule has 0 radical (unpaired) electrons. The van der Waals surface area contributed by atoms with Gasteiger partial charge in [0.25, 0.3) is 0 Å². The zero-order valence-corrected chi connectivity index (χ0v) is 13.4. The lowest BCUT2D eigenvalue weighted by atomic mass is 10.1. The fraction of sp³-hybridized carbons (Fsp3) is 0.625. The highest BCUT2D eigenvalue weighted by Crippen LogP contribution is 2.28. The van der Waals surface area contributed by atoms with E-state index >= 15 is 0 Å². The summed E-state index contributed by atoms with van der Waals surface area (Å²) in [5, 5.41) is 0.753. The summed E-state index contributed by atoms with van der Waals surface area (Å²) in [6.07, 6.45) is 2.34. The second-order valence-corrected chi connectivity index (χ2v) is 6.49. The van der Waals surface area contributed by atoms with Crippen molar-refractivity contribution < 1.29 is 0 Å². The molecule has 0 heterocycles. The minimum Gasteiger partial charge on any atom is -0.397 e. The summed E-state index contributed by atoms with van der Waals surface area (Å²) in [6.45, 7) is 11.1. The van der Waals surface area contributed by atoms with Crippen molar-refractivity contribution >= 4 is 23.0 Å². The molecular weight excluding hydrogens is 256 g/mol. The number of nitrogens with zero attached hydrogens (tertiary/aromatic N) is 1. The summed E-state index contributed by atoms with van der Waals surface area (Å²) >= 11 is 6.10. The monoisotopic (exact) mass is 282 g/mol. The number of rotatable bonds is 7. The first-order valence-corrected chi connectivity index (χ1v) is 7.58. The fourth-order valence-corrected chi connectivity index (χ4v) is 2.14. The van der Waals surface area contributed by atoms with Crippen LogP contribution in [0.15, 0.2) is 18.2 Å². The zero-order valence-electron chi connectivity index (χ0n) is 12.6. The third-order valence-corrected chi connectivity index (χ3v) is 3.52. The van der Waals surface area contributed by atoms with Gasteiger partial charge in [0, 0.05) is 18.1 Å². The highest BCUT2D eigenvalue weighted by atomic mass is 35.5. The smallest absolute Gasteiger partial charge is 0.0614 e. The molecule has 1 rings (SSSR count). The summed E-state index contributed by atoms with van der Waals surface area (Å²) in [6, 6.07) is 5.73. The highest BCUT2D eigenvalue weighted by molar-refractivity contribution is 6.31. The summed E-state index contributed by atoms with van der Waals surface area (Å²) in [7, 11) is 0. The number of halogens is 1. The van der Waals surface area contributed by atoms with Crippen molar-refractivity contribution in [3.8, 4) is 0 Å². The average molecular weight is 283 g/mol. The van der Waals surface area contributed by atoms with Gasteiger partial charge in [-0.25, -0.2) is 0 Å². The van der Waals surface area contributed by atoms with E-state index in [-0.39, 0.29) is 0 Å². The molecule has 108 valence electrons. The molecule has 1 aromatic rings. The molecule has 0 amide bonds. The van der Waals surface area contributed by atoms with E-state index in [9.17, 15) is 0 Å². The second-order valence-electron chi connectivity index (χ2n) is 6.06. The van der Waals surface area contributed by atoms with Crippen LogP contribution < -0.4 is 10.6 Å². The molecule has 1 aromatic carbocycles. The number of nitrogens with two attached hydrogens (primary N) is 1. The largest absolute Gasteiger partial charge is 0.397 e. The van der Waals surface area contributed by atoms with E-state index in [0.29, 0.717) is 11.8 Å². The van der Waals surface area contributed by atoms with E-state index in [1.165, 1.54) is 12.8 Å². The van der Waals surface area contributed by atoms with Crippen LogP contribution in [-0.2, 0) is 0 Å². The van der Waals surface area contributed by atoms with Gasteiger partial charge in [-0.15, -0.1) is 0 Å². The lowest BCUT2D eigenvalue weighted by Crippen LogP contribution is -2.28. The van der Waals surface area contributed by atoms with E-state index in [2.05, 4.69) is 32.6 Å². The molecule has 0 aliphatic rings. The predicted molar refractivity (Wildman–Crippen MR) is 87.0 cm³/mol. The fourth-order valence-electron chi connectivity index (χ4n) is 1.97. The van der Waals surface area contributed by atoms with Gasteiger partial charge in [-0.05, 0) is 42.9 Å². The van der Waals surface area contributed by atoms with E-state index in [0.717, 1.165) is 29.5 Å². The van der Waals surface area contributed by atoms with Crippen LogP contribution in [0, 0.1) is 11.8 Å². The Bertz CT molecular complexity index is 376. The van der Waals surface area contributed by atoms with Crippen molar-refractivity contribution in [1.29, 1.82) is 0 Å². The molecule has 0 aliphatic heterocycles. The van der Waals surface area contributed by atoms with Gasteiger partial charge in [-0.3, -0.25) is 0 Å². The molecule has 0 fully saturated rings. The molecular formula is C16H27ClN2. The van der Waals surface area contributed by atoms with E-state index in [1.54, 1.807) is 0 Å². The zero-order chi connectivity index (χ0) is 14.4. The van der Waals surface area contributed by atoms with Crippen LogP contribution in [0.2, 0.25) is 5.02 Å². The molecule has 0 spiro atoms. The lowest BCUT2D eigenvalue weighted by Gasteiger charge is -2.28. The standard InChI is InChI=1S/C16H27ClN2/c1-12(2)7-9-19(10-8-13(3)4)16-11-14(17)5-6-15(16)18/h5-6,11-13H,7-10,18H2,1-4H3. The molecule has 3 heteroatoms. The van der Waals surface area contributed by atoms with Gasteiger partial charge >= 0.3 is 0 Å². The third kappa shape index (κ3) is 5.73. The first kappa shape index (κ1) is 16.2. The number of nitrogen functional groups attached to an aromatic ring is 1. The van der Waals surface area contributed by atoms with Crippen LogP contribution in [-0.4, -0.2) is 13.1 Å². The van der Waals surface area contributed by atoms with Crippen LogP contribution in [0.25, 0.3) is 0 Å². The maximum Gasteiger partial charge on any atom is 0.0614 e. The number of benzene rings is 1. The second kappa shape index (κ2) is 7.64. The molecule has 0 bridgehead atoms. The van der Waals surface area contributed by atoms with Gasteiger partial charge in [0.05, 0.1) is 11.4 Å². The van der Waals surface area contributed by atoms with E-state index in [4.69, 9.17) is 17.3 Å². The van der Waals surface area contributed by atoms with Crippen molar-refractivity contribution in [1.82, 2.24) is 0 Å². The van der Waals surface area contributed by atoms with E-state index < -0.39 is 0 Å². The van der Waals surface area contributed by atoms with Crippen LogP contribution in [0.3, 0.4) is 0 Å². The topological polar surface area (TPSA) is 29.3 Å². The van der Waals surface area contributed by atoms with Gasteiger partial charge in [-0.2, -0.15) is 0 Å². The van der Waals surface area contributed by atoms with E-state index in [1.807, 2.05) is 18.2 Å². The Morgan fingerprint density at radius 3 is 2.05 bits per heavy atom. The van der Waals surface area contributed by atoms with Gasteiger partial charge in [-0.1, -0.05) is 39.3 Å². The summed E-state index contributed by atoms with van der Waals surface area (Å²) < 4.78 is 0. The Labute approximate surface area is 122 Å². The first-order valence-electron chi connectivity index (χ1n) is 7.20. The Hall–Kier alpha value is -0.890. The summed E-state index contributed by atoms with van der Waals surface area (Å²) in [5.74, 6) is 1.39. The quantitative estimate of drug-likeness (QED) is 0.727. The Balaban J connectivity index is 2.83. The molecule has 0 atom stereocenters. The SMILES string of the molecule is CC(C)CCN(CCC(C)C)c1cc(Cl)ccc1N. The predicted octanol–water partition coefficient (Wildman–Crippen LogP) is 4.82. The number of hydrogen-bond donors (Lipinski definition) is 1. The minimum atomic E-state index is 0.696. The Morgan fingerprint density at radius 2 is 1.58 bits per heavy atom. The molecule has 0 unspecified atom stereocenters. The maximum atomic E-state index is 6.10. The molecule has 0 saturated carbocycles. The van der Waals surface area contributed by atoms with Gasteiger partial charge in [0.2, 0.25) is 0 Å². The first-order chi connectivity index (χ1) is 8.90. The molecule has 0 saturated heterocycles. The van der Waals surface area contributed by atoms with Crippen molar-refractivity contribution in [3.05, 3.63) is 23.2 Å². The maximum absolute atomic E-state index is 6.10. The number of hydrogen-bond acceptors (Lipinski definition) is 2. The minimum absolute atomic E-state index is 0.696. The average Bonchev–Trinajstić information content (AvgIpc) is 2.32. The van der Waals surface area contributed by atoms with Gasteiger partial charge in [0.15, 0.2) is 0 Å². The van der Waals surface area contributed by atoms with Crippen LogP contribution >= 0.6 is 11.6 Å². The molecule has 19 heavy (non-hydrogen) atoms. The molecule has 0 aliphatic carbocycles.